The van der Waals surface area contributed by atoms with Gasteiger partial charge in [0.2, 0.25) is 12.7 Å². The number of thiophene rings is 1. The van der Waals surface area contributed by atoms with Crippen LogP contribution in [0.2, 0.25) is 0 Å². The van der Waals surface area contributed by atoms with Crippen LogP contribution in [0.15, 0.2) is 60.0 Å². The molecular formula is C26H27N3O5S. The summed E-state index contributed by atoms with van der Waals surface area (Å²) < 4.78 is 16.3. The first-order chi connectivity index (χ1) is 17.1. The number of ether oxygens (including phenoxy) is 3. The Hall–Kier alpha value is -3.72. The summed E-state index contributed by atoms with van der Waals surface area (Å²) in [5, 5.41) is 4.91. The lowest BCUT2D eigenvalue weighted by Gasteiger charge is -2.28. The first-order valence-corrected chi connectivity index (χ1v) is 12.4. The van der Waals surface area contributed by atoms with Gasteiger partial charge in [-0.05, 0) is 54.1 Å². The highest BCUT2D eigenvalue weighted by Gasteiger charge is 2.35. The second-order valence-corrected chi connectivity index (χ2v) is 9.54. The average molecular weight is 494 g/mol. The zero-order chi connectivity index (χ0) is 24.2. The highest BCUT2D eigenvalue weighted by molar-refractivity contribution is 7.09. The molecule has 1 saturated carbocycles. The molecule has 1 fully saturated rings. The van der Waals surface area contributed by atoms with E-state index in [1.807, 2.05) is 47.8 Å². The van der Waals surface area contributed by atoms with Crippen LogP contribution in [0, 0.1) is 0 Å². The molecular weight excluding hydrogens is 466 g/mol. The molecule has 1 aromatic heterocycles. The van der Waals surface area contributed by atoms with Crippen molar-refractivity contribution in [3.8, 4) is 17.2 Å². The number of amides is 3. The molecule has 182 valence electrons. The molecule has 0 unspecified atom stereocenters. The number of benzene rings is 2. The molecule has 8 nitrogen and oxygen atoms in total. The molecule has 0 saturated heterocycles. The van der Waals surface area contributed by atoms with E-state index >= 15 is 0 Å². The highest BCUT2D eigenvalue weighted by Crippen LogP contribution is 2.33. The number of carbonyl (C=O) groups excluding carboxylic acids is 2. The van der Waals surface area contributed by atoms with Crippen molar-refractivity contribution in [3.05, 3.63) is 70.4 Å². The van der Waals surface area contributed by atoms with Gasteiger partial charge in [0.05, 0.1) is 19.3 Å². The molecule has 1 aliphatic heterocycles. The number of anilines is 1. The Morgan fingerprint density at radius 3 is 2.66 bits per heavy atom. The van der Waals surface area contributed by atoms with Gasteiger partial charge < -0.3 is 29.3 Å². The fourth-order valence-corrected chi connectivity index (χ4v) is 4.74. The second kappa shape index (κ2) is 10.3. The Morgan fingerprint density at radius 2 is 1.89 bits per heavy atom. The van der Waals surface area contributed by atoms with Crippen LogP contribution in [0.4, 0.5) is 10.5 Å². The molecule has 2 aromatic carbocycles. The summed E-state index contributed by atoms with van der Waals surface area (Å²) >= 11 is 1.60. The average Bonchev–Trinajstić information content (AvgIpc) is 3.36. The predicted octanol–water partition coefficient (Wildman–Crippen LogP) is 4.71. The van der Waals surface area contributed by atoms with Crippen LogP contribution in [-0.2, 0) is 17.9 Å². The molecule has 0 radical (unpaired) electrons. The van der Waals surface area contributed by atoms with Crippen molar-refractivity contribution in [1.82, 2.24) is 9.80 Å². The first-order valence-electron chi connectivity index (χ1n) is 11.5. The van der Waals surface area contributed by atoms with Crippen LogP contribution in [0.25, 0.3) is 0 Å². The summed E-state index contributed by atoms with van der Waals surface area (Å²) in [5.41, 5.74) is 1.52. The lowest BCUT2D eigenvalue weighted by molar-refractivity contribution is -0.133. The van der Waals surface area contributed by atoms with Gasteiger partial charge in [0.15, 0.2) is 11.5 Å². The Balaban J connectivity index is 1.32. The number of urea groups is 1. The molecule has 9 heteroatoms. The maximum atomic E-state index is 13.6. The van der Waals surface area contributed by atoms with Crippen LogP contribution >= 0.6 is 11.3 Å². The maximum Gasteiger partial charge on any atom is 0.322 e. The van der Waals surface area contributed by atoms with Gasteiger partial charge in [0, 0.05) is 17.5 Å². The van der Waals surface area contributed by atoms with E-state index in [-0.39, 0.29) is 31.3 Å². The zero-order valence-corrected chi connectivity index (χ0v) is 20.3. The number of carbonyl (C=O) groups is 2. The van der Waals surface area contributed by atoms with Gasteiger partial charge in [-0.15, -0.1) is 11.3 Å². The molecule has 0 atom stereocenters. The third kappa shape index (κ3) is 5.51. The van der Waals surface area contributed by atoms with Crippen molar-refractivity contribution >= 4 is 29.0 Å². The predicted molar refractivity (Wildman–Crippen MR) is 133 cm³/mol. The van der Waals surface area contributed by atoms with Crippen molar-refractivity contribution in [2.24, 2.45) is 0 Å². The van der Waals surface area contributed by atoms with E-state index in [1.54, 1.807) is 40.4 Å². The number of hydrogen-bond donors (Lipinski definition) is 1. The Labute approximate surface area is 208 Å². The fourth-order valence-electron chi connectivity index (χ4n) is 4.02. The standard InChI is InChI=1S/C26H27N3O5S/c1-32-22-7-3-2-6-21(22)27-26(31)29(19-9-10-19)16-25(30)28(15-20-5-4-12-35-20)14-18-8-11-23-24(13-18)34-17-33-23/h2-8,11-13,19H,9-10,14-17H2,1H3,(H,27,31). The maximum absolute atomic E-state index is 13.6. The number of fused-ring (bicyclic) bond motifs is 1. The number of rotatable bonds is 9. The summed E-state index contributed by atoms with van der Waals surface area (Å²) in [4.78, 5) is 31.2. The molecule has 1 aliphatic carbocycles. The quantitative estimate of drug-likeness (QED) is 0.467. The monoisotopic (exact) mass is 493 g/mol. The number of nitrogens with zero attached hydrogens (tertiary/aromatic N) is 2. The summed E-state index contributed by atoms with van der Waals surface area (Å²) in [6.07, 6.45) is 1.78. The fraction of sp³-hybridized carbons (Fsp3) is 0.308. The van der Waals surface area contributed by atoms with Gasteiger partial charge in [-0.2, -0.15) is 0 Å². The Kier molecular flexibility index (Phi) is 6.76. The van der Waals surface area contributed by atoms with Gasteiger partial charge in [-0.25, -0.2) is 4.79 Å². The van der Waals surface area contributed by atoms with Gasteiger partial charge in [-0.1, -0.05) is 24.3 Å². The van der Waals surface area contributed by atoms with E-state index in [0.29, 0.717) is 36.0 Å². The van der Waals surface area contributed by atoms with Crippen LogP contribution < -0.4 is 19.5 Å². The summed E-state index contributed by atoms with van der Waals surface area (Å²) in [6, 6.07) is 16.7. The van der Waals surface area contributed by atoms with Crippen LogP contribution in [0.3, 0.4) is 0 Å². The van der Waals surface area contributed by atoms with E-state index in [1.165, 1.54) is 0 Å². The number of methoxy groups -OCH3 is 1. The van der Waals surface area contributed by atoms with Crippen molar-refractivity contribution in [3.63, 3.8) is 0 Å². The second-order valence-electron chi connectivity index (χ2n) is 8.51. The van der Waals surface area contributed by atoms with Gasteiger partial charge in [0.25, 0.3) is 0 Å². The van der Waals surface area contributed by atoms with Crippen LogP contribution in [-0.4, -0.2) is 48.2 Å². The minimum Gasteiger partial charge on any atom is -0.495 e. The molecule has 0 spiro atoms. The van der Waals surface area contributed by atoms with E-state index in [9.17, 15) is 9.59 Å². The van der Waals surface area contributed by atoms with E-state index in [2.05, 4.69) is 5.32 Å². The normalized spacial score (nSPS) is 13.9. The molecule has 0 bridgehead atoms. The molecule has 2 aliphatic rings. The highest BCUT2D eigenvalue weighted by atomic mass is 32.1. The van der Waals surface area contributed by atoms with Gasteiger partial charge in [0.1, 0.15) is 12.3 Å². The largest absolute Gasteiger partial charge is 0.495 e. The number of hydrogen-bond acceptors (Lipinski definition) is 6. The van der Waals surface area contributed by atoms with E-state index in [4.69, 9.17) is 14.2 Å². The minimum absolute atomic E-state index is 0.00156. The molecule has 35 heavy (non-hydrogen) atoms. The third-order valence-electron chi connectivity index (χ3n) is 5.99. The molecule has 1 N–H and O–H groups in total. The molecule has 3 amide bonds. The zero-order valence-electron chi connectivity index (χ0n) is 19.4. The van der Waals surface area contributed by atoms with E-state index < -0.39 is 0 Å². The topological polar surface area (TPSA) is 80.3 Å². The molecule has 2 heterocycles. The summed E-state index contributed by atoms with van der Waals surface area (Å²) in [7, 11) is 1.56. The van der Waals surface area contributed by atoms with Crippen LogP contribution in [0.5, 0.6) is 17.2 Å². The minimum atomic E-state index is -0.301. The molecule has 3 aromatic rings. The Morgan fingerprint density at radius 1 is 1.06 bits per heavy atom. The van der Waals surface area contributed by atoms with Crippen molar-refractivity contribution in [2.75, 3.05) is 25.8 Å². The number of para-hydroxylation sites is 2. The Bertz CT molecular complexity index is 1200. The third-order valence-corrected chi connectivity index (χ3v) is 6.85. The summed E-state index contributed by atoms with van der Waals surface area (Å²) in [5.74, 6) is 1.85. The lowest BCUT2D eigenvalue weighted by atomic mass is 10.2. The summed E-state index contributed by atoms with van der Waals surface area (Å²) in [6.45, 7) is 1.08. The molecule has 5 rings (SSSR count). The van der Waals surface area contributed by atoms with Crippen molar-refractivity contribution < 1.29 is 23.8 Å². The lowest BCUT2D eigenvalue weighted by Crippen LogP contribution is -2.45. The van der Waals surface area contributed by atoms with Gasteiger partial charge >= 0.3 is 6.03 Å². The SMILES string of the molecule is COc1ccccc1NC(=O)N(CC(=O)N(Cc1ccc2c(c1)OCO2)Cc1cccs1)C1CC1. The van der Waals surface area contributed by atoms with Crippen LogP contribution in [0.1, 0.15) is 23.3 Å². The van der Waals surface area contributed by atoms with Crippen molar-refractivity contribution in [2.45, 2.75) is 32.0 Å². The first kappa shape index (κ1) is 23.0. The van der Waals surface area contributed by atoms with E-state index in [0.717, 1.165) is 23.3 Å². The smallest absolute Gasteiger partial charge is 0.322 e. The number of nitrogens with one attached hydrogen (secondary N) is 1. The van der Waals surface area contributed by atoms with Gasteiger partial charge in [-0.3, -0.25) is 4.79 Å². The van der Waals surface area contributed by atoms with Crippen molar-refractivity contribution in [1.29, 1.82) is 0 Å².